The molecule has 2 bridgehead atoms. The number of likely N-dealkylation sites (tertiary alicyclic amines) is 1. The van der Waals surface area contributed by atoms with Crippen molar-refractivity contribution < 1.29 is 9.59 Å². The number of carbonyl (C=O) groups is 2. The second kappa shape index (κ2) is 7.51. The van der Waals surface area contributed by atoms with Crippen molar-refractivity contribution in [3.05, 3.63) is 35.9 Å². The molecule has 5 atom stereocenters. The van der Waals surface area contributed by atoms with E-state index >= 15 is 0 Å². The van der Waals surface area contributed by atoms with Crippen LogP contribution >= 0.6 is 0 Å². The summed E-state index contributed by atoms with van der Waals surface area (Å²) in [5.41, 5.74) is 0.715. The van der Waals surface area contributed by atoms with Gasteiger partial charge in [0, 0.05) is 30.2 Å². The number of fused-ring (bicyclic) bond motifs is 3. The van der Waals surface area contributed by atoms with E-state index in [0.717, 1.165) is 51.6 Å². The molecule has 3 heterocycles. The average Bonchev–Trinajstić information content (AvgIpc) is 3.24. The molecule has 1 saturated carbocycles. The fraction of sp³-hybridized carbons (Fsp3) is 0.652. The molecule has 3 aliphatic heterocycles. The summed E-state index contributed by atoms with van der Waals surface area (Å²) in [4.78, 5) is 31.5. The number of nitrogens with zero attached hydrogens (tertiary/aromatic N) is 2. The lowest BCUT2D eigenvalue weighted by Crippen LogP contribution is -2.54. The third kappa shape index (κ3) is 3.04. The van der Waals surface area contributed by atoms with Crippen LogP contribution in [0.1, 0.15) is 61.7 Å². The topological polar surface area (TPSA) is 52.7 Å². The Balaban J connectivity index is 1.46. The second-order valence-electron chi connectivity index (χ2n) is 9.07. The normalized spacial score (nSPS) is 34.8. The molecule has 0 spiro atoms. The number of carbonyl (C=O) groups excluding carboxylic acids is 2. The van der Waals surface area contributed by atoms with Gasteiger partial charge < -0.3 is 15.1 Å². The highest BCUT2D eigenvalue weighted by Gasteiger charge is 2.51. The first kappa shape index (κ1) is 18.2. The standard InChI is InChI=1S/C23H31N3O2/c27-22(16-6-2-1-3-7-16)26-20-9-5-4-8-17(20)14-21(26)23(28)25-18-10-11-19(25)15-24-13-12-18/h1-3,6-7,17-21,24H,4-5,8-15H2. The van der Waals surface area contributed by atoms with Crippen molar-refractivity contribution in [3.8, 4) is 0 Å². The summed E-state index contributed by atoms with van der Waals surface area (Å²) < 4.78 is 0. The van der Waals surface area contributed by atoms with Crippen molar-refractivity contribution in [3.63, 3.8) is 0 Å². The van der Waals surface area contributed by atoms with E-state index in [-0.39, 0.29) is 23.9 Å². The second-order valence-corrected chi connectivity index (χ2v) is 9.07. The highest BCUT2D eigenvalue weighted by Crippen LogP contribution is 2.42. The molecular formula is C23H31N3O2. The van der Waals surface area contributed by atoms with E-state index in [1.54, 1.807) is 0 Å². The van der Waals surface area contributed by atoms with Crippen LogP contribution in [0.5, 0.6) is 0 Å². The minimum Gasteiger partial charge on any atom is -0.334 e. The zero-order chi connectivity index (χ0) is 19.1. The molecule has 5 nitrogen and oxygen atoms in total. The van der Waals surface area contributed by atoms with Gasteiger partial charge in [0.1, 0.15) is 6.04 Å². The van der Waals surface area contributed by atoms with Crippen LogP contribution in [0.15, 0.2) is 30.3 Å². The fourth-order valence-electron chi connectivity index (χ4n) is 6.22. The molecule has 28 heavy (non-hydrogen) atoms. The van der Waals surface area contributed by atoms with E-state index in [1.807, 2.05) is 35.2 Å². The summed E-state index contributed by atoms with van der Waals surface area (Å²) in [7, 11) is 0. The van der Waals surface area contributed by atoms with Crippen LogP contribution in [0.3, 0.4) is 0 Å². The summed E-state index contributed by atoms with van der Waals surface area (Å²) >= 11 is 0. The maximum absolute atomic E-state index is 13.8. The Kier molecular flexibility index (Phi) is 4.87. The summed E-state index contributed by atoms with van der Waals surface area (Å²) in [5.74, 6) is 0.752. The average molecular weight is 382 g/mol. The molecule has 5 heteroatoms. The van der Waals surface area contributed by atoms with Gasteiger partial charge in [0.15, 0.2) is 0 Å². The predicted octanol–water partition coefficient (Wildman–Crippen LogP) is 2.81. The lowest BCUT2D eigenvalue weighted by Gasteiger charge is -2.37. The van der Waals surface area contributed by atoms with E-state index in [1.165, 1.54) is 12.8 Å². The Bertz CT molecular complexity index is 723. The van der Waals surface area contributed by atoms with Crippen LogP contribution in [0.25, 0.3) is 0 Å². The lowest BCUT2D eigenvalue weighted by atomic mass is 9.84. The first-order chi connectivity index (χ1) is 13.7. The smallest absolute Gasteiger partial charge is 0.254 e. The Morgan fingerprint density at radius 3 is 2.54 bits per heavy atom. The van der Waals surface area contributed by atoms with Gasteiger partial charge in [0.2, 0.25) is 5.91 Å². The fourth-order valence-corrected chi connectivity index (χ4v) is 6.22. The first-order valence-corrected chi connectivity index (χ1v) is 11.1. The van der Waals surface area contributed by atoms with Crippen LogP contribution < -0.4 is 5.32 Å². The van der Waals surface area contributed by atoms with Crippen molar-refractivity contribution in [2.24, 2.45) is 5.92 Å². The third-order valence-corrected chi connectivity index (χ3v) is 7.54. The Labute approximate surface area is 167 Å². The molecule has 1 aliphatic carbocycles. The molecule has 5 unspecified atom stereocenters. The van der Waals surface area contributed by atoms with Crippen LogP contribution in [0.2, 0.25) is 0 Å². The number of hydrogen-bond acceptors (Lipinski definition) is 3. The molecule has 3 saturated heterocycles. The van der Waals surface area contributed by atoms with Gasteiger partial charge in [-0.1, -0.05) is 31.0 Å². The maximum Gasteiger partial charge on any atom is 0.254 e. The van der Waals surface area contributed by atoms with E-state index in [0.29, 0.717) is 23.6 Å². The molecule has 0 aromatic heterocycles. The van der Waals surface area contributed by atoms with Crippen molar-refractivity contribution in [2.75, 3.05) is 13.1 Å². The van der Waals surface area contributed by atoms with Crippen LogP contribution in [-0.2, 0) is 4.79 Å². The van der Waals surface area contributed by atoms with Crippen molar-refractivity contribution in [1.82, 2.24) is 15.1 Å². The molecule has 1 aromatic rings. The zero-order valence-corrected chi connectivity index (χ0v) is 16.6. The molecule has 0 radical (unpaired) electrons. The molecule has 4 fully saturated rings. The molecule has 4 aliphatic rings. The third-order valence-electron chi connectivity index (χ3n) is 7.54. The van der Waals surface area contributed by atoms with Gasteiger partial charge >= 0.3 is 0 Å². The van der Waals surface area contributed by atoms with Crippen molar-refractivity contribution >= 4 is 11.8 Å². The van der Waals surface area contributed by atoms with Gasteiger partial charge in [-0.3, -0.25) is 9.59 Å². The van der Waals surface area contributed by atoms with E-state index in [9.17, 15) is 9.59 Å². The van der Waals surface area contributed by atoms with Gasteiger partial charge in [-0.2, -0.15) is 0 Å². The molecule has 1 N–H and O–H groups in total. The number of nitrogens with one attached hydrogen (secondary N) is 1. The van der Waals surface area contributed by atoms with Crippen LogP contribution in [0.4, 0.5) is 0 Å². The summed E-state index contributed by atoms with van der Waals surface area (Å²) in [5, 5.41) is 3.49. The monoisotopic (exact) mass is 381 g/mol. The molecule has 1 aromatic carbocycles. The lowest BCUT2D eigenvalue weighted by molar-refractivity contribution is -0.138. The van der Waals surface area contributed by atoms with E-state index in [4.69, 9.17) is 0 Å². The van der Waals surface area contributed by atoms with Gasteiger partial charge in [-0.15, -0.1) is 0 Å². The maximum atomic E-state index is 13.8. The molecule has 150 valence electrons. The Morgan fingerprint density at radius 1 is 0.893 bits per heavy atom. The number of benzene rings is 1. The summed E-state index contributed by atoms with van der Waals surface area (Å²) in [6, 6.07) is 10.2. The van der Waals surface area contributed by atoms with E-state index in [2.05, 4.69) is 10.2 Å². The predicted molar refractivity (Wildman–Crippen MR) is 108 cm³/mol. The zero-order valence-electron chi connectivity index (χ0n) is 16.6. The van der Waals surface area contributed by atoms with Gasteiger partial charge in [0.25, 0.3) is 5.91 Å². The quantitative estimate of drug-likeness (QED) is 0.857. The van der Waals surface area contributed by atoms with Gasteiger partial charge in [-0.25, -0.2) is 0 Å². The minimum absolute atomic E-state index is 0.0497. The molecule has 5 rings (SSSR count). The number of amides is 2. The molecular weight excluding hydrogens is 350 g/mol. The van der Waals surface area contributed by atoms with Crippen molar-refractivity contribution in [2.45, 2.75) is 75.5 Å². The van der Waals surface area contributed by atoms with Crippen LogP contribution in [0, 0.1) is 5.92 Å². The van der Waals surface area contributed by atoms with Gasteiger partial charge in [-0.05, 0) is 63.1 Å². The highest BCUT2D eigenvalue weighted by atomic mass is 16.2. The Hall–Kier alpha value is -1.88. The highest BCUT2D eigenvalue weighted by molar-refractivity contribution is 5.98. The number of rotatable bonds is 2. The summed E-state index contributed by atoms with van der Waals surface area (Å²) in [6.45, 7) is 1.89. The number of hydrogen-bond donors (Lipinski definition) is 1. The van der Waals surface area contributed by atoms with Crippen molar-refractivity contribution in [1.29, 1.82) is 0 Å². The van der Waals surface area contributed by atoms with Crippen LogP contribution in [-0.4, -0.2) is 58.9 Å². The first-order valence-electron chi connectivity index (χ1n) is 11.1. The summed E-state index contributed by atoms with van der Waals surface area (Å²) in [6.07, 6.45) is 8.69. The SMILES string of the molecule is O=C(C1CC2CCCCC2N1C(=O)c1ccccc1)N1C2CCNCC1CC2. The van der Waals surface area contributed by atoms with Gasteiger partial charge in [0.05, 0.1) is 0 Å². The minimum atomic E-state index is -0.276. The van der Waals surface area contributed by atoms with E-state index < -0.39 is 0 Å². The largest absolute Gasteiger partial charge is 0.334 e. The molecule has 2 amide bonds. The Morgan fingerprint density at radius 2 is 1.68 bits per heavy atom.